The quantitative estimate of drug-likeness (QED) is 0.525. The minimum Gasteiger partial charge on any atom is -0.347 e. The number of aromatic nitrogens is 3. The van der Waals surface area contributed by atoms with E-state index in [0.29, 0.717) is 0 Å². The van der Waals surface area contributed by atoms with Crippen molar-refractivity contribution in [3.63, 3.8) is 0 Å². The van der Waals surface area contributed by atoms with E-state index in [1.165, 1.54) is 22.0 Å². The number of fused-ring (bicyclic) bond motifs is 1. The standard InChI is InChI=1S/C21H19N3/c1-2-23-15-18(19-10-6-7-11-20(19)23)14-21(24-13-12-22-16-24)17-8-4-3-5-9-17/h3-16H,2H2,1H3. The van der Waals surface area contributed by atoms with Gasteiger partial charge in [-0.15, -0.1) is 0 Å². The van der Waals surface area contributed by atoms with Crippen molar-refractivity contribution in [1.82, 2.24) is 14.1 Å². The lowest BCUT2D eigenvalue weighted by Crippen LogP contribution is -1.95. The Kier molecular flexibility index (Phi) is 3.75. The molecule has 24 heavy (non-hydrogen) atoms. The second kappa shape index (κ2) is 6.20. The molecule has 0 aliphatic carbocycles. The zero-order valence-corrected chi connectivity index (χ0v) is 13.6. The molecule has 3 heteroatoms. The molecule has 0 saturated carbocycles. The predicted octanol–water partition coefficient (Wildman–Crippen LogP) is 4.90. The van der Waals surface area contributed by atoms with E-state index in [1.807, 2.05) is 24.8 Å². The molecule has 0 atom stereocenters. The van der Waals surface area contributed by atoms with Crippen LogP contribution in [0.25, 0.3) is 22.7 Å². The molecule has 0 bridgehead atoms. The van der Waals surface area contributed by atoms with Gasteiger partial charge in [-0.2, -0.15) is 0 Å². The van der Waals surface area contributed by atoms with E-state index in [-0.39, 0.29) is 0 Å². The third kappa shape index (κ3) is 2.54. The Morgan fingerprint density at radius 3 is 2.58 bits per heavy atom. The normalized spacial score (nSPS) is 12.0. The van der Waals surface area contributed by atoms with Crippen molar-refractivity contribution in [2.75, 3.05) is 0 Å². The zero-order chi connectivity index (χ0) is 16.4. The molecule has 0 unspecified atom stereocenters. The van der Waals surface area contributed by atoms with E-state index in [4.69, 9.17) is 0 Å². The molecule has 4 rings (SSSR count). The molecule has 0 aliphatic rings. The lowest BCUT2D eigenvalue weighted by atomic mass is 10.1. The minimum absolute atomic E-state index is 0.958. The SMILES string of the molecule is CCn1cc(C=C(c2ccccc2)n2ccnc2)c2ccccc21. The van der Waals surface area contributed by atoms with Crippen molar-refractivity contribution >= 4 is 22.7 Å². The van der Waals surface area contributed by atoms with Gasteiger partial charge in [-0.05, 0) is 24.6 Å². The number of imidazole rings is 1. The van der Waals surface area contributed by atoms with Gasteiger partial charge in [-0.1, -0.05) is 48.5 Å². The third-order valence-electron chi connectivity index (χ3n) is 4.30. The molecule has 0 amide bonds. The molecule has 0 radical (unpaired) electrons. The van der Waals surface area contributed by atoms with Crippen LogP contribution in [0.1, 0.15) is 18.1 Å². The number of para-hydroxylation sites is 1. The summed E-state index contributed by atoms with van der Waals surface area (Å²) in [6.45, 7) is 3.13. The second-order valence-electron chi connectivity index (χ2n) is 5.75. The summed E-state index contributed by atoms with van der Waals surface area (Å²) in [4.78, 5) is 4.21. The monoisotopic (exact) mass is 313 g/mol. The zero-order valence-electron chi connectivity index (χ0n) is 13.6. The van der Waals surface area contributed by atoms with Crippen LogP contribution >= 0.6 is 0 Å². The van der Waals surface area contributed by atoms with Crippen LogP contribution in [-0.4, -0.2) is 14.1 Å². The number of benzene rings is 2. The summed E-state index contributed by atoms with van der Waals surface area (Å²) in [7, 11) is 0. The highest BCUT2D eigenvalue weighted by Crippen LogP contribution is 2.27. The van der Waals surface area contributed by atoms with Gasteiger partial charge in [0.1, 0.15) is 0 Å². The molecule has 118 valence electrons. The van der Waals surface area contributed by atoms with Gasteiger partial charge >= 0.3 is 0 Å². The fraction of sp³-hybridized carbons (Fsp3) is 0.0952. The van der Waals surface area contributed by atoms with Gasteiger partial charge in [0.15, 0.2) is 0 Å². The van der Waals surface area contributed by atoms with Gasteiger partial charge in [0.05, 0.1) is 12.0 Å². The largest absolute Gasteiger partial charge is 0.347 e. The van der Waals surface area contributed by atoms with Gasteiger partial charge in [-0.3, -0.25) is 0 Å². The molecule has 0 aliphatic heterocycles. The Balaban J connectivity index is 1.94. The highest BCUT2D eigenvalue weighted by molar-refractivity contribution is 5.94. The third-order valence-corrected chi connectivity index (χ3v) is 4.30. The average molecular weight is 313 g/mol. The molecule has 0 saturated heterocycles. The minimum atomic E-state index is 0.958. The number of nitrogens with zero attached hydrogens (tertiary/aromatic N) is 3. The Bertz CT molecular complexity index is 977. The molecule has 2 heterocycles. The van der Waals surface area contributed by atoms with Gasteiger partial charge in [-0.25, -0.2) is 4.98 Å². The van der Waals surface area contributed by atoms with E-state index in [1.54, 1.807) is 0 Å². The molecule has 2 aromatic carbocycles. The first-order valence-corrected chi connectivity index (χ1v) is 8.20. The molecular weight excluding hydrogens is 294 g/mol. The molecule has 3 nitrogen and oxygen atoms in total. The Morgan fingerprint density at radius 1 is 1.04 bits per heavy atom. The smallest absolute Gasteiger partial charge is 0.0991 e. The Labute approximate surface area is 141 Å². The van der Waals surface area contributed by atoms with Crippen molar-refractivity contribution in [2.45, 2.75) is 13.5 Å². The van der Waals surface area contributed by atoms with Crippen LogP contribution in [0.4, 0.5) is 0 Å². The van der Waals surface area contributed by atoms with Crippen molar-refractivity contribution in [1.29, 1.82) is 0 Å². The van der Waals surface area contributed by atoms with Crippen molar-refractivity contribution in [3.05, 3.63) is 90.6 Å². The molecule has 0 fully saturated rings. The van der Waals surface area contributed by atoms with Crippen molar-refractivity contribution < 1.29 is 0 Å². The van der Waals surface area contributed by atoms with Crippen LogP contribution in [0, 0.1) is 0 Å². The Hall–Kier alpha value is -3.07. The average Bonchev–Trinajstić information content (AvgIpc) is 3.28. The maximum atomic E-state index is 4.21. The van der Waals surface area contributed by atoms with E-state index in [9.17, 15) is 0 Å². The van der Waals surface area contributed by atoms with Gasteiger partial charge in [0.2, 0.25) is 0 Å². The summed E-state index contributed by atoms with van der Waals surface area (Å²) in [6.07, 6.45) is 10.1. The molecular formula is C21H19N3. The molecule has 0 N–H and O–H groups in total. The predicted molar refractivity (Wildman–Crippen MR) is 99.6 cm³/mol. The summed E-state index contributed by atoms with van der Waals surface area (Å²) in [5, 5.41) is 1.27. The highest BCUT2D eigenvalue weighted by atomic mass is 15.0. The topological polar surface area (TPSA) is 22.8 Å². The van der Waals surface area contributed by atoms with E-state index in [0.717, 1.165) is 12.2 Å². The maximum absolute atomic E-state index is 4.21. The first-order chi connectivity index (χ1) is 11.9. The van der Waals surface area contributed by atoms with E-state index in [2.05, 4.69) is 81.8 Å². The second-order valence-corrected chi connectivity index (χ2v) is 5.75. The summed E-state index contributed by atoms with van der Waals surface area (Å²) >= 11 is 0. The van der Waals surface area contributed by atoms with Crippen LogP contribution in [0.15, 0.2) is 79.5 Å². The first kappa shape index (κ1) is 14.5. The van der Waals surface area contributed by atoms with Crippen molar-refractivity contribution in [2.24, 2.45) is 0 Å². The fourth-order valence-corrected chi connectivity index (χ4v) is 3.12. The summed E-state index contributed by atoms with van der Waals surface area (Å²) < 4.78 is 4.35. The Morgan fingerprint density at radius 2 is 1.83 bits per heavy atom. The van der Waals surface area contributed by atoms with Crippen LogP contribution in [0.3, 0.4) is 0 Å². The van der Waals surface area contributed by atoms with E-state index < -0.39 is 0 Å². The number of hydrogen-bond acceptors (Lipinski definition) is 1. The van der Waals surface area contributed by atoms with E-state index >= 15 is 0 Å². The summed E-state index contributed by atoms with van der Waals surface area (Å²) in [5.41, 5.74) is 4.78. The summed E-state index contributed by atoms with van der Waals surface area (Å²) in [5.74, 6) is 0. The first-order valence-electron chi connectivity index (χ1n) is 8.20. The van der Waals surface area contributed by atoms with Gasteiger partial charge < -0.3 is 9.13 Å². The lowest BCUT2D eigenvalue weighted by molar-refractivity contribution is 0.797. The lowest BCUT2D eigenvalue weighted by Gasteiger charge is -2.09. The van der Waals surface area contributed by atoms with Crippen molar-refractivity contribution in [3.8, 4) is 0 Å². The maximum Gasteiger partial charge on any atom is 0.0991 e. The molecule has 0 spiro atoms. The highest BCUT2D eigenvalue weighted by Gasteiger charge is 2.09. The van der Waals surface area contributed by atoms with Gasteiger partial charge in [0.25, 0.3) is 0 Å². The summed E-state index contributed by atoms with van der Waals surface area (Å²) in [6, 6.07) is 19.0. The van der Waals surface area contributed by atoms with Crippen LogP contribution in [-0.2, 0) is 6.54 Å². The van der Waals surface area contributed by atoms with Crippen LogP contribution < -0.4 is 0 Å². The number of rotatable bonds is 4. The number of aryl methyl sites for hydroxylation is 1. The van der Waals surface area contributed by atoms with Gasteiger partial charge in [0, 0.05) is 41.6 Å². The fourth-order valence-electron chi connectivity index (χ4n) is 3.12. The van der Waals surface area contributed by atoms with Crippen LogP contribution in [0.2, 0.25) is 0 Å². The number of hydrogen-bond donors (Lipinski definition) is 0. The molecule has 4 aromatic rings. The molecule has 2 aromatic heterocycles. The van der Waals surface area contributed by atoms with Crippen LogP contribution in [0.5, 0.6) is 0 Å².